The Morgan fingerprint density at radius 1 is 1.20 bits per heavy atom. The Morgan fingerprint density at radius 3 is 2.76 bits per heavy atom. The zero-order chi connectivity index (χ0) is 17.4. The van der Waals surface area contributed by atoms with Crippen LogP contribution >= 0.6 is 0 Å². The maximum absolute atomic E-state index is 12.8. The maximum atomic E-state index is 12.8. The van der Waals surface area contributed by atoms with Crippen molar-refractivity contribution >= 4 is 5.91 Å². The summed E-state index contributed by atoms with van der Waals surface area (Å²) in [6, 6.07) is 6.10. The van der Waals surface area contributed by atoms with Gasteiger partial charge in [0, 0.05) is 57.1 Å². The molecule has 7 nitrogen and oxygen atoms in total. The van der Waals surface area contributed by atoms with E-state index >= 15 is 0 Å². The van der Waals surface area contributed by atoms with Crippen molar-refractivity contribution < 1.29 is 4.79 Å². The Hall–Kier alpha value is -2.25. The molecule has 4 rings (SSSR count). The van der Waals surface area contributed by atoms with Crippen LogP contribution in [0.25, 0.3) is 0 Å². The fourth-order valence-electron chi connectivity index (χ4n) is 3.57. The van der Waals surface area contributed by atoms with Gasteiger partial charge in [-0.3, -0.25) is 19.8 Å². The van der Waals surface area contributed by atoms with E-state index in [1.807, 2.05) is 30.0 Å². The van der Waals surface area contributed by atoms with Crippen LogP contribution in [0, 0.1) is 6.92 Å². The number of hydrogen-bond acceptors (Lipinski definition) is 5. The normalized spacial score (nSPS) is 18.6. The Bertz CT molecular complexity index is 778. The third-order valence-electron chi connectivity index (χ3n) is 5.04. The van der Waals surface area contributed by atoms with Crippen LogP contribution in [-0.2, 0) is 19.6 Å². The SMILES string of the molecule is Cc1cccc(CN2Cc3[nH]nc(C(=O)N4CCN(C)CC4)c3C2)n1. The number of piperazine rings is 1. The highest BCUT2D eigenvalue weighted by atomic mass is 16.2. The van der Waals surface area contributed by atoms with Crippen LogP contribution in [0.1, 0.15) is 33.1 Å². The summed E-state index contributed by atoms with van der Waals surface area (Å²) in [5.41, 5.74) is 4.80. The minimum absolute atomic E-state index is 0.0566. The molecule has 1 fully saturated rings. The summed E-state index contributed by atoms with van der Waals surface area (Å²) < 4.78 is 0. The summed E-state index contributed by atoms with van der Waals surface area (Å²) in [7, 11) is 2.09. The number of aromatic nitrogens is 3. The van der Waals surface area contributed by atoms with E-state index in [4.69, 9.17) is 0 Å². The van der Waals surface area contributed by atoms with E-state index in [0.29, 0.717) is 5.69 Å². The highest BCUT2D eigenvalue weighted by Crippen LogP contribution is 2.26. The third-order valence-corrected chi connectivity index (χ3v) is 5.04. The third kappa shape index (κ3) is 3.29. The molecular formula is C18H24N6O. The first-order valence-electron chi connectivity index (χ1n) is 8.79. The van der Waals surface area contributed by atoms with Crippen LogP contribution in [-0.4, -0.2) is 69.0 Å². The molecule has 2 aromatic heterocycles. The quantitative estimate of drug-likeness (QED) is 0.903. The van der Waals surface area contributed by atoms with E-state index < -0.39 is 0 Å². The predicted octanol–water partition coefficient (Wildman–Crippen LogP) is 1.02. The number of likely N-dealkylation sites (N-methyl/N-ethyl adjacent to an activating group) is 1. The fourth-order valence-corrected chi connectivity index (χ4v) is 3.57. The number of carbonyl (C=O) groups is 1. The Kier molecular flexibility index (Phi) is 4.27. The van der Waals surface area contributed by atoms with Gasteiger partial charge >= 0.3 is 0 Å². The van der Waals surface area contributed by atoms with E-state index in [-0.39, 0.29) is 5.91 Å². The van der Waals surface area contributed by atoms with Gasteiger partial charge in [0.1, 0.15) is 0 Å². The molecule has 0 aromatic carbocycles. The van der Waals surface area contributed by atoms with Gasteiger partial charge in [-0.25, -0.2) is 0 Å². The number of aryl methyl sites for hydroxylation is 1. The lowest BCUT2D eigenvalue weighted by atomic mass is 10.2. The van der Waals surface area contributed by atoms with Gasteiger partial charge in [0.25, 0.3) is 5.91 Å². The molecule has 4 heterocycles. The topological polar surface area (TPSA) is 68.4 Å². The fraction of sp³-hybridized carbons (Fsp3) is 0.500. The average molecular weight is 340 g/mol. The van der Waals surface area contributed by atoms with Crippen molar-refractivity contribution in [2.75, 3.05) is 33.2 Å². The van der Waals surface area contributed by atoms with Gasteiger partial charge in [-0.1, -0.05) is 6.07 Å². The van der Waals surface area contributed by atoms with Gasteiger partial charge in [-0.15, -0.1) is 0 Å². The van der Waals surface area contributed by atoms with Gasteiger partial charge in [0.2, 0.25) is 0 Å². The molecule has 0 spiro atoms. The first-order chi connectivity index (χ1) is 12.1. The molecule has 1 amide bonds. The van der Waals surface area contributed by atoms with Crippen molar-refractivity contribution in [2.24, 2.45) is 0 Å². The summed E-state index contributed by atoms with van der Waals surface area (Å²) in [5, 5.41) is 7.39. The predicted molar refractivity (Wildman–Crippen MR) is 93.9 cm³/mol. The van der Waals surface area contributed by atoms with Gasteiger partial charge in [0.05, 0.1) is 11.4 Å². The van der Waals surface area contributed by atoms with Crippen molar-refractivity contribution in [1.82, 2.24) is 29.9 Å². The number of fused-ring (bicyclic) bond motifs is 1. The second-order valence-electron chi connectivity index (χ2n) is 7.04. The molecule has 0 unspecified atom stereocenters. The van der Waals surface area contributed by atoms with E-state index in [1.165, 1.54) is 0 Å². The van der Waals surface area contributed by atoms with Crippen LogP contribution in [0.15, 0.2) is 18.2 Å². The number of pyridine rings is 1. The standard InChI is InChI=1S/C18H24N6O/c1-13-4-3-5-14(19-13)10-23-11-15-16(12-23)20-21-17(15)18(25)24-8-6-22(2)7-9-24/h3-5H,6-12H2,1-2H3,(H,20,21). The summed E-state index contributed by atoms with van der Waals surface area (Å²) in [5.74, 6) is 0.0566. The minimum atomic E-state index is 0.0566. The van der Waals surface area contributed by atoms with Crippen LogP contribution in [0.5, 0.6) is 0 Å². The zero-order valence-corrected chi connectivity index (χ0v) is 14.8. The van der Waals surface area contributed by atoms with Gasteiger partial charge in [-0.2, -0.15) is 5.10 Å². The molecule has 2 aliphatic heterocycles. The van der Waals surface area contributed by atoms with Crippen molar-refractivity contribution in [1.29, 1.82) is 0 Å². The molecule has 0 atom stereocenters. The first kappa shape index (κ1) is 16.2. The number of amides is 1. The second-order valence-corrected chi connectivity index (χ2v) is 7.04. The Labute approximate surface area is 147 Å². The number of nitrogens with one attached hydrogen (secondary N) is 1. The molecule has 1 saturated heterocycles. The minimum Gasteiger partial charge on any atom is -0.335 e. The molecule has 0 saturated carbocycles. The van der Waals surface area contributed by atoms with E-state index in [1.54, 1.807) is 0 Å². The van der Waals surface area contributed by atoms with E-state index in [9.17, 15) is 4.79 Å². The highest BCUT2D eigenvalue weighted by Gasteiger charge is 2.31. The van der Waals surface area contributed by atoms with E-state index in [0.717, 1.165) is 68.5 Å². The van der Waals surface area contributed by atoms with Crippen LogP contribution in [0.4, 0.5) is 0 Å². The Balaban J connectivity index is 1.45. The number of hydrogen-bond donors (Lipinski definition) is 1. The molecule has 25 heavy (non-hydrogen) atoms. The molecule has 0 radical (unpaired) electrons. The van der Waals surface area contributed by atoms with E-state index in [2.05, 4.69) is 32.0 Å². The second kappa shape index (κ2) is 6.57. The number of rotatable bonds is 3. The smallest absolute Gasteiger partial charge is 0.274 e. The molecule has 0 bridgehead atoms. The maximum Gasteiger partial charge on any atom is 0.274 e. The lowest BCUT2D eigenvalue weighted by Crippen LogP contribution is -2.47. The lowest BCUT2D eigenvalue weighted by Gasteiger charge is -2.32. The average Bonchev–Trinajstić information content (AvgIpc) is 3.15. The molecule has 1 N–H and O–H groups in total. The summed E-state index contributed by atoms with van der Waals surface area (Å²) >= 11 is 0. The van der Waals surface area contributed by atoms with Crippen molar-refractivity contribution in [3.05, 3.63) is 46.5 Å². The largest absolute Gasteiger partial charge is 0.335 e. The first-order valence-corrected chi connectivity index (χ1v) is 8.79. The van der Waals surface area contributed by atoms with Crippen LogP contribution < -0.4 is 0 Å². The molecule has 0 aliphatic carbocycles. The Morgan fingerprint density at radius 2 is 2.00 bits per heavy atom. The number of aromatic amines is 1. The van der Waals surface area contributed by atoms with Gasteiger partial charge in [0.15, 0.2) is 5.69 Å². The number of carbonyl (C=O) groups excluding carboxylic acids is 1. The molecule has 2 aromatic rings. The summed E-state index contributed by atoms with van der Waals surface area (Å²) in [6.45, 7) is 7.71. The van der Waals surface area contributed by atoms with Gasteiger partial charge in [-0.05, 0) is 26.1 Å². The molecule has 132 valence electrons. The van der Waals surface area contributed by atoms with Gasteiger partial charge < -0.3 is 9.80 Å². The molecule has 7 heteroatoms. The number of nitrogens with zero attached hydrogens (tertiary/aromatic N) is 5. The van der Waals surface area contributed by atoms with Crippen LogP contribution in [0.2, 0.25) is 0 Å². The monoisotopic (exact) mass is 340 g/mol. The van der Waals surface area contributed by atoms with Crippen molar-refractivity contribution in [3.8, 4) is 0 Å². The van der Waals surface area contributed by atoms with Crippen LogP contribution in [0.3, 0.4) is 0 Å². The van der Waals surface area contributed by atoms with Crippen molar-refractivity contribution in [2.45, 2.75) is 26.6 Å². The lowest BCUT2D eigenvalue weighted by molar-refractivity contribution is 0.0656. The molecule has 2 aliphatic rings. The summed E-state index contributed by atoms with van der Waals surface area (Å²) in [6.07, 6.45) is 0. The zero-order valence-electron chi connectivity index (χ0n) is 14.8. The molecular weight excluding hydrogens is 316 g/mol. The summed E-state index contributed by atoms with van der Waals surface area (Å²) in [4.78, 5) is 23.9. The number of H-pyrrole nitrogens is 1. The highest BCUT2D eigenvalue weighted by molar-refractivity contribution is 5.94. The van der Waals surface area contributed by atoms with Crippen molar-refractivity contribution in [3.63, 3.8) is 0 Å².